The van der Waals surface area contributed by atoms with Crippen LogP contribution in [0.4, 0.5) is 0 Å². The van der Waals surface area contributed by atoms with E-state index in [0.717, 1.165) is 51.3 Å². The lowest BCUT2D eigenvalue weighted by Gasteiger charge is -2.09. The van der Waals surface area contributed by atoms with E-state index in [4.69, 9.17) is 4.98 Å². The summed E-state index contributed by atoms with van der Waals surface area (Å²) in [6, 6.07) is 24.3. The molecular weight excluding hydrogens is 428 g/mol. The van der Waals surface area contributed by atoms with E-state index in [1.54, 1.807) is 0 Å². The summed E-state index contributed by atoms with van der Waals surface area (Å²) in [4.78, 5) is 14.2. The molecule has 4 nitrogen and oxygen atoms in total. The lowest BCUT2D eigenvalue weighted by Crippen LogP contribution is -1.93. The van der Waals surface area contributed by atoms with Crippen LogP contribution < -0.4 is 0 Å². The number of pyridine rings is 3. The highest BCUT2D eigenvalue weighted by molar-refractivity contribution is 6.12. The quantitative estimate of drug-likeness (QED) is 0.243. The standard InChI is InChI=1S/C31H18N4/c1-2-5-19-17(4-1)12-24-20(19)7-8-21-23-15-29-27(14-18(23)13-25(21)24)34-31-22-6-3-10-33-30(22)26-16-32-11-9-28(26)35(29)31/h1-11,14-16H,12-13H2. The molecule has 0 fully saturated rings. The van der Waals surface area contributed by atoms with Gasteiger partial charge in [-0.05, 0) is 87.7 Å². The van der Waals surface area contributed by atoms with Gasteiger partial charge in [-0.2, -0.15) is 0 Å². The molecule has 0 unspecified atom stereocenters. The first-order valence-electron chi connectivity index (χ1n) is 12.0. The van der Waals surface area contributed by atoms with Crippen molar-refractivity contribution in [1.29, 1.82) is 0 Å². The monoisotopic (exact) mass is 446 g/mol. The smallest absolute Gasteiger partial charge is 0.147 e. The highest BCUT2D eigenvalue weighted by atomic mass is 15.0. The zero-order valence-corrected chi connectivity index (χ0v) is 18.8. The number of nitrogens with zero attached hydrogens (tertiary/aromatic N) is 4. The van der Waals surface area contributed by atoms with Gasteiger partial charge in [0, 0.05) is 29.4 Å². The van der Waals surface area contributed by atoms with Crippen LogP contribution in [0.5, 0.6) is 0 Å². The predicted molar refractivity (Wildman–Crippen MR) is 140 cm³/mol. The Labute approximate surface area is 200 Å². The maximum absolute atomic E-state index is 5.14. The van der Waals surface area contributed by atoms with Crippen LogP contribution in [0.2, 0.25) is 0 Å². The van der Waals surface area contributed by atoms with Crippen molar-refractivity contribution in [3.63, 3.8) is 0 Å². The van der Waals surface area contributed by atoms with Crippen LogP contribution in [-0.4, -0.2) is 19.4 Å². The molecule has 35 heavy (non-hydrogen) atoms. The maximum Gasteiger partial charge on any atom is 0.147 e. The maximum atomic E-state index is 5.14. The average Bonchev–Trinajstić information content (AvgIpc) is 3.58. The number of hydrogen-bond donors (Lipinski definition) is 0. The normalized spacial score (nSPS) is 13.5. The molecule has 0 amide bonds. The van der Waals surface area contributed by atoms with Crippen molar-refractivity contribution in [1.82, 2.24) is 19.4 Å². The summed E-state index contributed by atoms with van der Waals surface area (Å²) in [6.07, 6.45) is 7.61. The molecule has 0 spiro atoms. The van der Waals surface area contributed by atoms with Crippen LogP contribution in [0.25, 0.3) is 60.7 Å². The van der Waals surface area contributed by atoms with Crippen LogP contribution in [0.1, 0.15) is 22.3 Å². The van der Waals surface area contributed by atoms with Gasteiger partial charge in [0.2, 0.25) is 0 Å². The molecule has 2 aliphatic carbocycles. The third kappa shape index (κ3) is 2.15. The van der Waals surface area contributed by atoms with Crippen molar-refractivity contribution >= 4 is 38.5 Å². The molecule has 4 aromatic heterocycles. The Morgan fingerprint density at radius 3 is 2.46 bits per heavy atom. The summed E-state index contributed by atoms with van der Waals surface area (Å²) in [6.45, 7) is 0. The number of hydrogen-bond acceptors (Lipinski definition) is 3. The zero-order valence-electron chi connectivity index (χ0n) is 18.8. The molecule has 0 aliphatic heterocycles. The molecule has 0 saturated heterocycles. The first kappa shape index (κ1) is 17.8. The molecule has 4 heteroatoms. The van der Waals surface area contributed by atoms with Crippen molar-refractivity contribution in [3.05, 3.63) is 108 Å². The summed E-state index contributed by atoms with van der Waals surface area (Å²) in [7, 11) is 0. The Morgan fingerprint density at radius 1 is 0.657 bits per heavy atom. The van der Waals surface area contributed by atoms with Crippen molar-refractivity contribution in [2.75, 3.05) is 0 Å². The molecule has 4 heterocycles. The van der Waals surface area contributed by atoms with Gasteiger partial charge < -0.3 is 0 Å². The van der Waals surface area contributed by atoms with Crippen molar-refractivity contribution in [2.45, 2.75) is 12.8 Å². The minimum Gasteiger partial charge on any atom is -0.291 e. The molecule has 0 radical (unpaired) electrons. The van der Waals surface area contributed by atoms with Crippen molar-refractivity contribution < 1.29 is 0 Å². The van der Waals surface area contributed by atoms with Gasteiger partial charge in [0.15, 0.2) is 0 Å². The lowest BCUT2D eigenvalue weighted by molar-refractivity contribution is 1.16. The van der Waals surface area contributed by atoms with E-state index in [1.807, 2.05) is 24.7 Å². The minimum absolute atomic E-state index is 0.950. The van der Waals surface area contributed by atoms with E-state index < -0.39 is 0 Å². The van der Waals surface area contributed by atoms with Crippen LogP contribution in [0, 0.1) is 0 Å². The van der Waals surface area contributed by atoms with Crippen LogP contribution in [0.15, 0.2) is 85.3 Å². The topological polar surface area (TPSA) is 43.1 Å². The molecule has 2 aliphatic rings. The first-order chi connectivity index (χ1) is 17.3. The van der Waals surface area contributed by atoms with Crippen LogP contribution >= 0.6 is 0 Å². The third-order valence-electron chi connectivity index (χ3n) is 7.99. The third-order valence-corrected chi connectivity index (χ3v) is 7.99. The fourth-order valence-corrected chi connectivity index (χ4v) is 6.47. The Morgan fingerprint density at radius 2 is 1.51 bits per heavy atom. The SMILES string of the molecule is c1ccc2c(c1)Cc1c-2ccc2c1Cc1cc3nc4c5cccnc5c5cnccc5n4c3cc1-2. The van der Waals surface area contributed by atoms with E-state index in [-0.39, 0.29) is 0 Å². The number of aromatic nitrogens is 4. The number of benzene rings is 3. The molecule has 9 rings (SSSR count). The van der Waals surface area contributed by atoms with Crippen molar-refractivity contribution in [2.24, 2.45) is 0 Å². The van der Waals surface area contributed by atoms with Gasteiger partial charge in [-0.15, -0.1) is 0 Å². The predicted octanol–water partition coefficient (Wildman–Crippen LogP) is 6.73. The summed E-state index contributed by atoms with van der Waals surface area (Å²) in [5.41, 5.74) is 16.5. The van der Waals surface area contributed by atoms with E-state index in [1.165, 1.54) is 44.5 Å². The zero-order chi connectivity index (χ0) is 22.7. The second-order valence-electron chi connectivity index (χ2n) is 9.69. The summed E-state index contributed by atoms with van der Waals surface area (Å²) in [5, 5.41) is 2.10. The van der Waals surface area contributed by atoms with Crippen LogP contribution in [0.3, 0.4) is 0 Å². The van der Waals surface area contributed by atoms with Gasteiger partial charge in [0.25, 0.3) is 0 Å². The Bertz CT molecular complexity index is 2070. The molecular formula is C31H18N4. The Balaban J connectivity index is 1.36. The largest absolute Gasteiger partial charge is 0.291 e. The van der Waals surface area contributed by atoms with Gasteiger partial charge in [-0.1, -0.05) is 36.4 Å². The summed E-state index contributed by atoms with van der Waals surface area (Å²) >= 11 is 0. The summed E-state index contributed by atoms with van der Waals surface area (Å²) in [5.74, 6) is 0. The Kier molecular flexibility index (Phi) is 3.11. The molecule has 0 atom stereocenters. The van der Waals surface area contributed by atoms with Crippen molar-refractivity contribution in [3.8, 4) is 22.3 Å². The fourth-order valence-electron chi connectivity index (χ4n) is 6.47. The second kappa shape index (κ2) is 6.10. The molecule has 3 aromatic carbocycles. The van der Waals surface area contributed by atoms with Gasteiger partial charge in [0.1, 0.15) is 5.65 Å². The van der Waals surface area contributed by atoms with Crippen LogP contribution in [-0.2, 0) is 12.8 Å². The fraction of sp³-hybridized carbons (Fsp3) is 0.0645. The number of imidazole rings is 1. The number of rotatable bonds is 0. The van der Waals surface area contributed by atoms with E-state index in [9.17, 15) is 0 Å². The number of fused-ring (bicyclic) bond motifs is 15. The molecule has 0 N–H and O–H groups in total. The highest BCUT2D eigenvalue weighted by Gasteiger charge is 2.28. The highest BCUT2D eigenvalue weighted by Crippen LogP contribution is 2.47. The van der Waals surface area contributed by atoms with Gasteiger partial charge in [0.05, 0.1) is 22.1 Å². The van der Waals surface area contributed by atoms with Gasteiger partial charge in [-0.3, -0.25) is 14.4 Å². The van der Waals surface area contributed by atoms with Gasteiger partial charge >= 0.3 is 0 Å². The lowest BCUT2D eigenvalue weighted by atomic mass is 9.96. The van der Waals surface area contributed by atoms with E-state index in [2.05, 4.69) is 75.0 Å². The van der Waals surface area contributed by atoms with E-state index >= 15 is 0 Å². The molecule has 0 bridgehead atoms. The first-order valence-corrected chi connectivity index (χ1v) is 12.0. The minimum atomic E-state index is 0.950. The average molecular weight is 447 g/mol. The summed E-state index contributed by atoms with van der Waals surface area (Å²) < 4.78 is 2.29. The van der Waals surface area contributed by atoms with Gasteiger partial charge in [-0.25, -0.2) is 4.98 Å². The Hall–Kier alpha value is -4.57. The second-order valence-corrected chi connectivity index (χ2v) is 9.69. The molecule has 7 aromatic rings. The van der Waals surface area contributed by atoms with E-state index in [0.29, 0.717) is 0 Å². The molecule has 0 saturated carbocycles. The molecule has 162 valence electrons.